The second-order valence-corrected chi connectivity index (χ2v) is 7.57. The van der Waals surface area contributed by atoms with E-state index in [2.05, 4.69) is 0 Å². The van der Waals surface area contributed by atoms with Crippen molar-refractivity contribution >= 4 is 29.2 Å². The number of ether oxygens (including phenoxy) is 1. The third-order valence-electron chi connectivity index (χ3n) is 5.51. The monoisotopic (exact) mass is 425 g/mol. The molecule has 0 atom stereocenters. The van der Waals surface area contributed by atoms with E-state index in [0.29, 0.717) is 48.9 Å². The fraction of sp³-hybridized carbons (Fsp3) is 0.364. The number of hydrogen-bond donors (Lipinski definition) is 0. The first kappa shape index (κ1) is 20.6. The minimum absolute atomic E-state index is 0.00391. The molecule has 0 spiro atoms. The number of piperazine rings is 1. The topological polar surface area (TPSA) is 100 Å². The molecule has 9 nitrogen and oxygen atoms in total. The zero-order valence-electron chi connectivity index (χ0n) is 17.4. The van der Waals surface area contributed by atoms with Gasteiger partial charge in [0.1, 0.15) is 11.5 Å². The SMILES string of the molecule is CC(=O)c1ccc2c(c1)N(Cc1ccc(C(=O)N3CCN(C(C)=O)CC3)o1)C(=O)CO2. The first-order valence-corrected chi connectivity index (χ1v) is 10.0. The lowest BCUT2D eigenvalue weighted by molar-refractivity contribution is -0.130. The molecular formula is C22H23N3O6. The quantitative estimate of drug-likeness (QED) is 0.692. The van der Waals surface area contributed by atoms with Crippen LogP contribution in [0.4, 0.5) is 5.69 Å². The fourth-order valence-electron chi connectivity index (χ4n) is 3.71. The average Bonchev–Trinajstić information content (AvgIpc) is 3.23. The van der Waals surface area contributed by atoms with Crippen molar-refractivity contribution in [2.45, 2.75) is 20.4 Å². The van der Waals surface area contributed by atoms with E-state index in [4.69, 9.17) is 9.15 Å². The summed E-state index contributed by atoms with van der Waals surface area (Å²) in [6.45, 7) is 4.84. The first-order chi connectivity index (χ1) is 14.8. The maximum atomic E-state index is 12.8. The number of benzene rings is 1. The van der Waals surface area contributed by atoms with Crippen molar-refractivity contribution in [3.05, 3.63) is 47.4 Å². The van der Waals surface area contributed by atoms with E-state index in [1.807, 2.05) is 0 Å². The molecule has 2 aliphatic rings. The Morgan fingerprint density at radius 1 is 0.968 bits per heavy atom. The van der Waals surface area contributed by atoms with Crippen LogP contribution in [-0.4, -0.2) is 66.1 Å². The van der Waals surface area contributed by atoms with Gasteiger partial charge in [0.15, 0.2) is 18.2 Å². The molecular weight excluding hydrogens is 402 g/mol. The summed E-state index contributed by atoms with van der Waals surface area (Å²) in [6.07, 6.45) is 0. The summed E-state index contributed by atoms with van der Waals surface area (Å²) in [5.41, 5.74) is 0.968. The predicted molar refractivity (Wildman–Crippen MR) is 110 cm³/mol. The van der Waals surface area contributed by atoms with E-state index in [0.717, 1.165) is 0 Å². The Morgan fingerprint density at radius 3 is 2.35 bits per heavy atom. The number of Topliss-reactive ketones (excluding diaryl/α,β-unsaturated/α-hetero) is 1. The number of furan rings is 1. The van der Waals surface area contributed by atoms with Crippen molar-refractivity contribution in [2.75, 3.05) is 37.7 Å². The molecule has 1 aromatic carbocycles. The van der Waals surface area contributed by atoms with Gasteiger partial charge in [0.25, 0.3) is 11.8 Å². The highest BCUT2D eigenvalue weighted by molar-refractivity contribution is 6.01. The minimum atomic E-state index is -0.266. The standard InChI is InChI=1S/C22H23N3O6/c1-14(26)16-3-5-19-18(11-16)25(21(28)13-30-19)12-17-4-6-20(31-17)22(29)24-9-7-23(8-10-24)15(2)27/h3-6,11H,7-10,12-13H2,1-2H3. The molecule has 0 bridgehead atoms. The molecule has 2 aliphatic heterocycles. The highest BCUT2D eigenvalue weighted by Gasteiger charge is 2.29. The largest absolute Gasteiger partial charge is 0.482 e. The van der Waals surface area contributed by atoms with Crippen molar-refractivity contribution < 1.29 is 28.3 Å². The summed E-state index contributed by atoms with van der Waals surface area (Å²) < 4.78 is 11.2. The molecule has 1 fully saturated rings. The van der Waals surface area contributed by atoms with Crippen molar-refractivity contribution in [3.8, 4) is 5.75 Å². The summed E-state index contributed by atoms with van der Waals surface area (Å²) in [5, 5.41) is 0. The van der Waals surface area contributed by atoms with Crippen LogP contribution >= 0.6 is 0 Å². The smallest absolute Gasteiger partial charge is 0.289 e. The Balaban J connectivity index is 1.49. The average molecular weight is 425 g/mol. The molecule has 0 unspecified atom stereocenters. The molecule has 0 saturated carbocycles. The Morgan fingerprint density at radius 2 is 1.68 bits per heavy atom. The first-order valence-electron chi connectivity index (χ1n) is 10.0. The van der Waals surface area contributed by atoms with Gasteiger partial charge in [-0.1, -0.05) is 0 Å². The van der Waals surface area contributed by atoms with Gasteiger partial charge in [0, 0.05) is 38.7 Å². The van der Waals surface area contributed by atoms with Crippen molar-refractivity contribution in [3.63, 3.8) is 0 Å². The number of anilines is 1. The van der Waals surface area contributed by atoms with Crippen LogP contribution in [0.2, 0.25) is 0 Å². The number of hydrogen-bond acceptors (Lipinski definition) is 6. The summed E-state index contributed by atoms with van der Waals surface area (Å²) >= 11 is 0. The lowest BCUT2D eigenvalue weighted by Gasteiger charge is -2.33. The summed E-state index contributed by atoms with van der Waals surface area (Å²) in [5.74, 6) is 0.507. The van der Waals surface area contributed by atoms with Gasteiger partial charge in [-0.2, -0.15) is 0 Å². The van der Waals surface area contributed by atoms with E-state index < -0.39 is 0 Å². The molecule has 31 heavy (non-hydrogen) atoms. The normalized spacial score (nSPS) is 16.1. The van der Waals surface area contributed by atoms with Gasteiger partial charge in [-0.3, -0.25) is 24.1 Å². The fourth-order valence-corrected chi connectivity index (χ4v) is 3.71. The highest BCUT2D eigenvalue weighted by Crippen LogP contribution is 2.34. The summed E-state index contributed by atoms with van der Waals surface area (Å²) in [4.78, 5) is 53.3. The zero-order valence-corrected chi connectivity index (χ0v) is 17.4. The van der Waals surface area contributed by atoms with Crippen LogP contribution in [0.5, 0.6) is 5.75 Å². The Hall–Kier alpha value is -3.62. The van der Waals surface area contributed by atoms with Gasteiger partial charge < -0.3 is 19.0 Å². The minimum Gasteiger partial charge on any atom is -0.482 e. The van der Waals surface area contributed by atoms with E-state index in [1.54, 1.807) is 40.1 Å². The van der Waals surface area contributed by atoms with Crippen molar-refractivity contribution in [1.82, 2.24) is 9.80 Å². The number of amides is 3. The highest BCUT2D eigenvalue weighted by atomic mass is 16.5. The Bertz CT molecular complexity index is 1050. The molecule has 1 saturated heterocycles. The van der Waals surface area contributed by atoms with Crippen LogP contribution in [-0.2, 0) is 16.1 Å². The molecule has 0 N–H and O–H groups in total. The number of carbonyl (C=O) groups is 4. The number of rotatable bonds is 4. The molecule has 4 rings (SSSR count). The molecule has 3 amide bonds. The number of carbonyl (C=O) groups excluding carboxylic acids is 4. The van der Waals surface area contributed by atoms with Gasteiger partial charge in [0.05, 0.1) is 12.2 Å². The predicted octanol–water partition coefficient (Wildman–Crippen LogP) is 1.71. The van der Waals surface area contributed by atoms with E-state index in [9.17, 15) is 19.2 Å². The second-order valence-electron chi connectivity index (χ2n) is 7.57. The molecule has 9 heteroatoms. The van der Waals surface area contributed by atoms with E-state index in [-0.39, 0.29) is 42.4 Å². The van der Waals surface area contributed by atoms with Gasteiger partial charge >= 0.3 is 0 Å². The van der Waals surface area contributed by atoms with Gasteiger partial charge in [-0.05, 0) is 37.3 Å². The van der Waals surface area contributed by atoms with E-state index in [1.165, 1.54) is 18.7 Å². The van der Waals surface area contributed by atoms with Gasteiger partial charge in [-0.15, -0.1) is 0 Å². The Kier molecular flexibility index (Phi) is 5.50. The zero-order chi connectivity index (χ0) is 22.1. The second kappa shape index (κ2) is 8.25. The van der Waals surface area contributed by atoms with Crippen LogP contribution in [0.25, 0.3) is 0 Å². The number of fused-ring (bicyclic) bond motifs is 1. The van der Waals surface area contributed by atoms with Crippen LogP contribution in [0.3, 0.4) is 0 Å². The molecule has 1 aromatic heterocycles. The van der Waals surface area contributed by atoms with Crippen LogP contribution in [0, 0.1) is 0 Å². The third-order valence-corrected chi connectivity index (χ3v) is 5.51. The molecule has 0 aliphatic carbocycles. The molecule has 0 radical (unpaired) electrons. The van der Waals surface area contributed by atoms with Crippen molar-refractivity contribution in [1.29, 1.82) is 0 Å². The summed E-state index contributed by atoms with van der Waals surface area (Å²) in [6, 6.07) is 8.20. The number of ketones is 1. The third kappa shape index (κ3) is 4.16. The lowest BCUT2D eigenvalue weighted by Crippen LogP contribution is -2.50. The lowest BCUT2D eigenvalue weighted by atomic mass is 10.1. The van der Waals surface area contributed by atoms with Gasteiger partial charge in [-0.25, -0.2) is 0 Å². The van der Waals surface area contributed by atoms with Gasteiger partial charge in [0.2, 0.25) is 5.91 Å². The summed E-state index contributed by atoms with van der Waals surface area (Å²) in [7, 11) is 0. The van der Waals surface area contributed by atoms with Crippen molar-refractivity contribution in [2.24, 2.45) is 0 Å². The van der Waals surface area contributed by atoms with E-state index >= 15 is 0 Å². The Labute approximate surface area is 179 Å². The molecule has 3 heterocycles. The molecule has 162 valence electrons. The van der Waals surface area contributed by atoms with Crippen LogP contribution < -0.4 is 9.64 Å². The molecule has 2 aromatic rings. The maximum absolute atomic E-state index is 12.8. The van der Waals surface area contributed by atoms with Crippen LogP contribution in [0.1, 0.15) is 40.5 Å². The van der Waals surface area contributed by atoms with Crippen LogP contribution in [0.15, 0.2) is 34.7 Å². The number of nitrogens with zero attached hydrogens (tertiary/aromatic N) is 3. The maximum Gasteiger partial charge on any atom is 0.289 e.